The van der Waals surface area contributed by atoms with Gasteiger partial charge in [-0.3, -0.25) is 4.90 Å². The van der Waals surface area contributed by atoms with Crippen LogP contribution in [-0.4, -0.2) is 61.9 Å². The minimum atomic E-state index is -0.376. The molecule has 1 aliphatic heterocycles. The standard InChI is InChI=1S/C14H21N3O3/c1-11(10-17-6-8-20-9-7-17)16-13-12(14(18)19-2)4-3-5-15-13/h3-5,11H,6-10H2,1-2H3,(H,15,16). The lowest BCUT2D eigenvalue weighted by atomic mass is 10.2. The summed E-state index contributed by atoms with van der Waals surface area (Å²) in [5.41, 5.74) is 0.462. The van der Waals surface area contributed by atoms with Crippen LogP contribution in [0.1, 0.15) is 17.3 Å². The molecule has 2 rings (SSSR count). The summed E-state index contributed by atoms with van der Waals surface area (Å²) >= 11 is 0. The van der Waals surface area contributed by atoms with E-state index in [-0.39, 0.29) is 12.0 Å². The maximum Gasteiger partial charge on any atom is 0.341 e. The van der Waals surface area contributed by atoms with Crippen LogP contribution in [0.4, 0.5) is 5.82 Å². The number of morpholine rings is 1. The van der Waals surface area contributed by atoms with E-state index < -0.39 is 0 Å². The van der Waals surface area contributed by atoms with Crippen molar-refractivity contribution < 1.29 is 14.3 Å². The molecule has 1 unspecified atom stereocenters. The highest BCUT2D eigenvalue weighted by Gasteiger charge is 2.17. The van der Waals surface area contributed by atoms with E-state index in [4.69, 9.17) is 9.47 Å². The zero-order chi connectivity index (χ0) is 14.4. The molecular formula is C14H21N3O3. The Kier molecular flexibility index (Phi) is 5.31. The van der Waals surface area contributed by atoms with Crippen LogP contribution in [0.2, 0.25) is 0 Å². The molecule has 2 heterocycles. The number of nitrogens with one attached hydrogen (secondary N) is 1. The van der Waals surface area contributed by atoms with E-state index in [0.717, 1.165) is 32.8 Å². The Morgan fingerprint density at radius 3 is 3.00 bits per heavy atom. The van der Waals surface area contributed by atoms with E-state index >= 15 is 0 Å². The predicted octanol–water partition coefficient (Wildman–Crippen LogP) is 1.00. The van der Waals surface area contributed by atoms with Gasteiger partial charge in [-0.05, 0) is 19.1 Å². The minimum Gasteiger partial charge on any atom is -0.465 e. The maximum atomic E-state index is 11.7. The van der Waals surface area contributed by atoms with Crippen molar-refractivity contribution in [3.05, 3.63) is 23.9 Å². The Hall–Kier alpha value is -1.66. The average molecular weight is 279 g/mol. The third-order valence-electron chi connectivity index (χ3n) is 3.23. The van der Waals surface area contributed by atoms with Gasteiger partial charge in [-0.1, -0.05) is 0 Å². The van der Waals surface area contributed by atoms with Gasteiger partial charge in [-0.2, -0.15) is 0 Å². The molecular weight excluding hydrogens is 258 g/mol. The average Bonchev–Trinajstić information content (AvgIpc) is 2.48. The van der Waals surface area contributed by atoms with Crippen molar-refractivity contribution >= 4 is 11.8 Å². The first-order chi connectivity index (χ1) is 9.70. The zero-order valence-electron chi connectivity index (χ0n) is 12.0. The number of aromatic nitrogens is 1. The van der Waals surface area contributed by atoms with Gasteiger partial charge in [0, 0.05) is 31.9 Å². The van der Waals surface area contributed by atoms with Gasteiger partial charge >= 0.3 is 5.97 Å². The number of hydrogen-bond acceptors (Lipinski definition) is 6. The molecule has 0 aliphatic carbocycles. The first kappa shape index (κ1) is 14.7. The van der Waals surface area contributed by atoms with Gasteiger partial charge in [0.05, 0.1) is 20.3 Å². The molecule has 6 nitrogen and oxygen atoms in total. The van der Waals surface area contributed by atoms with E-state index in [1.54, 1.807) is 18.3 Å². The predicted molar refractivity (Wildman–Crippen MR) is 75.9 cm³/mol. The molecule has 1 fully saturated rings. The lowest BCUT2D eigenvalue weighted by Gasteiger charge is -2.29. The highest BCUT2D eigenvalue weighted by molar-refractivity contribution is 5.94. The summed E-state index contributed by atoms with van der Waals surface area (Å²) in [7, 11) is 1.37. The number of carbonyl (C=O) groups is 1. The Balaban J connectivity index is 1.96. The lowest BCUT2D eigenvalue weighted by Crippen LogP contribution is -2.42. The van der Waals surface area contributed by atoms with Crippen molar-refractivity contribution in [2.75, 3.05) is 45.3 Å². The van der Waals surface area contributed by atoms with E-state index in [9.17, 15) is 4.79 Å². The highest BCUT2D eigenvalue weighted by atomic mass is 16.5. The van der Waals surface area contributed by atoms with Gasteiger partial charge in [0.2, 0.25) is 0 Å². The fourth-order valence-corrected chi connectivity index (χ4v) is 2.25. The molecule has 0 bridgehead atoms. The van der Waals surface area contributed by atoms with Crippen LogP contribution in [0.5, 0.6) is 0 Å². The van der Waals surface area contributed by atoms with Gasteiger partial charge in [0.25, 0.3) is 0 Å². The van der Waals surface area contributed by atoms with E-state index in [0.29, 0.717) is 11.4 Å². The fourth-order valence-electron chi connectivity index (χ4n) is 2.25. The molecule has 0 spiro atoms. The molecule has 1 saturated heterocycles. The van der Waals surface area contributed by atoms with E-state index in [2.05, 4.69) is 22.1 Å². The molecule has 0 saturated carbocycles. The first-order valence-corrected chi connectivity index (χ1v) is 6.80. The Morgan fingerprint density at radius 2 is 2.30 bits per heavy atom. The summed E-state index contributed by atoms with van der Waals surface area (Å²) in [5, 5.41) is 3.28. The second-order valence-corrected chi connectivity index (χ2v) is 4.85. The van der Waals surface area contributed by atoms with E-state index in [1.807, 2.05) is 0 Å². The van der Waals surface area contributed by atoms with Crippen molar-refractivity contribution in [3.63, 3.8) is 0 Å². The number of hydrogen-bond donors (Lipinski definition) is 1. The molecule has 0 amide bonds. The van der Waals surface area contributed by atoms with Crippen molar-refractivity contribution in [1.29, 1.82) is 0 Å². The Labute approximate surface area is 119 Å². The Morgan fingerprint density at radius 1 is 1.55 bits per heavy atom. The molecule has 110 valence electrons. The van der Waals surface area contributed by atoms with Gasteiger partial charge in [-0.15, -0.1) is 0 Å². The molecule has 20 heavy (non-hydrogen) atoms. The van der Waals surface area contributed by atoms with Crippen LogP contribution in [-0.2, 0) is 9.47 Å². The second-order valence-electron chi connectivity index (χ2n) is 4.85. The second kappa shape index (κ2) is 7.21. The van der Waals surface area contributed by atoms with Crippen molar-refractivity contribution in [1.82, 2.24) is 9.88 Å². The maximum absolute atomic E-state index is 11.7. The van der Waals surface area contributed by atoms with Crippen molar-refractivity contribution in [2.45, 2.75) is 13.0 Å². The molecule has 0 aromatic carbocycles. The smallest absolute Gasteiger partial charge is 0.341 e. The summed E-state index contributed by atoms with van der Waals surface area (Å²) in [6, 6.07) is 3.62. The van der Waals surface area contributed by atoms with Gasteiger partial charge < -0.3 is 14.8 Å². The molecule has 1 aromatic rings. The van der Waals surface area contributed by atoms with Crippen LogP contribution in [0, 0.1) is 0 Å². The zero-order valence-corrected chi connectivity index (χ0v) is 12.0. The van der Waals surface area contributed by atoms with Crippen LogP contribution in [0.15, 0.2) is 18.3 Å². The molecule has 0 radical (unpaired) electrons. The number of nitrogens with zero attached hydrogens (tertiary/aromatic N) is 2. The number of methoxy groups -OCH3 is 1. The van der Waals surface area contributed by atoms with E-state index in [1.165, 1.54) is 7.11 Å². The summed E-state index contributed by atoms with van der Waals surface area (Å²) in [6.45, 7) is 6.41. The molecule has 1 atom stereocenters. The molecule has 1 aromatic heterocycles. The highest BCUT2D eigenvalue weighted by Crippen LogP contribution is 2.14. The first-order valence-electron chi connectivity index (χ1n) is 6.80. The van der Waals surface area contributed by atoms with Crippen LogP contribution in [0.3, 0.4) is 0 Å². The third kappa shape index (κ3) is 3.91. The monoisotopic (exact) mass is 279 g/mol. The number of pyridine rings is 1. The number of esters is 1. The Bertz CT molecular complexity index is 447. The van der Waals surface area contributed by atoms with Crippen molar-refractivity contribution in [2.24, 2.45) is 0 Å². The fraction of sp³-hybridized carbons (Fsp3) is 0.571. The summed E-state index contributed by atoms with van der Waals surface area (Å²) in [4.78, 5) is 18.2. The lowest BCUT2D eigenvalue weighted by molar-refractivity contribution is 0.0368. The van der Waals surface area contributed by atoms with Crippen LogP contribution < -0.4 is 5.32 Å². The third-order valence-corrected chi connectivity index (χ3v) is 3.23. The normalized spacial score (nSPS) is 17.5. The molecule has 1 N–H and O–H groups in total. The largest absolute Gasteiger partial charge is 0.465 e. The number of carbonyl (C=O) groups excluding carboxylic acids is 1. The van der Waals surface area contributed by atoms with Crippen LogP contribution in [0.25, 0.3) is 0 Å². The molecule has 1 aliphatic rings. The van der Waals surface area contributed by atoms with Crippen LogP contribution >= 0.6 is 0 Å². The number of rotatable bonds is 5. The number of anilines is 1. The topological polar surface area (TPSA) is 63.7 Å². The summed E-state index contributed by atoms with van der Waals surface area (Å²) < 4.78 is 10.1. The van der Waals surface area contributed by atoms with Gasteiger partial charge in [0.1, 0.15) is 11.4 Å². The SMILES string of the molecule is COC(=O)c1cccnc1NC(C)CN1CCOCC1. The van der Waals surface area contributed by atoms with Gasteiger partial charge in [0.15, 0.2) is 0 Å². The van der Waals surface area contributed by atoms with Crippen molar-refractivity contribution in [3.8, 4) is 0 Å². The minimum absolute atomic E-state index is 0.186. The summed E-state index contributed by atoms with van der Waals surface area (Å²) in [5.74, 6) is 0.194. The summed E-state index contributed by atoms with van der Waals surface area (Å²) in [6.07, 6.45) is 1.66. The molecule has 6 heteroatoms. The number of ether oxygens (including phenoxy) is 2. The van der Waals surface area contributed by atoms with Gasteiger partial charge in [-0.25, -0.2) is 9.78 Å². The quantitative estimate of drug-likeness (QED) is 0.811.